The van der Waals surface area contributed by atoms with Crippen LogP contribution in [0.3, 0.4) is 0 Å². The summed E-state index contributed by atoms with van der Waals surface area (Å²) >= 11 is 0. The molecule has 2 aromatic carbocycles. The Labute approximate surface area is 137 Å². The molecule has 2 rings (SSSR count). The molecule has 23 heavy (non-hydrogen) atoms. The highest BCUT2D eigenvalue weighted by molar-refractivity contribution is 5.64. The third-order valence-corrected chi connectivity index (χ3v) is 3.79. The van der Waals surface area contributed by atoms with E-state index < -0.39 is 11.6 Å². The maximum absolute atomic E-state index is 14.1. The summed E-state index contributed by atoms with van der Waals surface area (Å²) in [6.07, 6.45) is 7.01. The van der Waals surface area contributed by atoms with Gasteiger partial charge in [-0.25, -0.2) is 8.78 Å². The lowest BCUT2D eigenvalue weighted by Gasteiger charge is -2.09. The summed E-state index contributed by atoms with van der Waals surface area (Å²) in [5, 5.41) is 0. The van der Waals surface area contributed by atoms with Crippen molar-refractivity contribution in [1.29, 1.82) is 0 Å². The highest BCUT2D eigenvalue weighted by Gasteiger charge is 2.07. The topological polar surface area (TPSA) is 9.23 Å². The van der Waals surface area contributed by atoms with Crippen molar-refractivity contribution < 1.29 is 13.5 Å². The third-order valence-electron chi connectivity index (χ3n) is 3.79. The van der Waals surface area contributed by atoms with Crippen LogP contribution in [-0.2, 0) is 0 Å². The van der Waals surface area contributed by atoms with Crippen LogP contribution in [0.1, 0.15) is 45.4 Å². The van der Waals surface area contributed by atoms with Crippen molar-refractivity contribution in [3.63, 3.8) is 0 Å². The minimum atomic E-state index is -0.452. The second kappa shape index (κ2) is 9.29. The van der Waals surface area contributed by atoms with Crippen molar-refractivity contribution in [3.05, 3.63) is 54.1 Å². The van der Waals surface area contributed by atoms with E-state index in [1.807, 2.05) is 0 Å². The van der Waals surface area contributed by atoms with Gasteiger partial charge in [-0.1, -0.05) is 57.2 Å². The molecule has 0 saturated heterocycles. The molecule has 2 aromatic rings. The van der Waals surface area contributed by atoms with Gasteiger partial charge >= 0.3 is 0 Å². The summed E-state index contributed by atoms with van der Waals surface area (Å²) in [5.74, 6) is -0.613. The smallest absolute Gasteiger partial charge is 0.165 e. The Morgan fingerprint density at radius 3 is 2.39 bits per heavy atom. The van der Waals surface area contributed by atoms with Crippen LogP contribution in [0.2, 0.25) is 0 Å². The van der Waals surface area contributed by atoms with Crippen LogP contribution < -0.4 is 4.74 Å². The van der Waals surface area contributed by atoms with Crippen LogP contribution in [0.25, 0.3) is 11.1 Å². The monoisotopic (exact) mass is 317 g/mol. The second-order valence-electron chi connectivity index (χ2n) is 5.69. The molecule has 0 heterocycles. The normalized spacial score (nSPS) is 10.7. The minimum Gasteiger partial charge on any atom is -0.491 e. The Hall–Kier alpha value is -1.90. The summed E-state index contributed by atoms with van der Waals surface area (Å²) in [5.41, 5.74) is 1.25. The Kier molecular flexibility index (Phi) is 7.05. The van der Waals surface area contributed by atoms with E-state index in [9.17, 15) is 8.78 Å². The molecule has 0 fully saturated rings. The van der Waals surface area contributed by atoms with Crippen LogP contribution in [0.4, 0.5) is 8.78 Å². The lowest BCUT2D eigenvalue weighted by atomic mass is 10.1. The summed E-state index contributed by atoms with van der Waals surface area (Å²) in [6.45, 7) is 2.72. The molecule has 1 radical (unpaired) electrons. The van der Waals surface area contributed by atoms with E-state index in [0.29, 0.717) is 17.7 Å². The first-order valence-corrected chi connectivity index (χ1v) is 8.30. The number of rotatable bonds is 9. The van der Waals surface area contributed by atoms with Gasteiger partial charge in [0.15, 0.2) is 11.6 Å². The Morgan fingerprint density at radius 2 is 1.65 bits per heavy atom. The fraction of sp³-hybridized carbons (Fsp3) is 0.400. The van der Waals surface area contributed by atoms with Crippen LogP contribution in [-0.4, -0.2) is 6.61 Å². The predicted octanol–water partition coefficient (Wildman–Crippen LogP) is 6.17. The minimum absolute atomic E-state index is 0.255. The van der Waals surface area contributed by atoms with Crippen molar-refractivity contribution in [1.82, 2.24) is 0 Å². The van der Waals surface area contributed by atoms with E-state index in [2.05, 4.69) is 13.0 Å². The maximum atomic E-state index is 14.1. The van der Waals surface area contributed by atoms with Crippen molar-refractivity contribution in [2.45, 2.75) is 45.4 Å². The van der Waals surface area contributed by atoms with Crippen molar-refractivity contribution >= 4 is 0 Å². The van der Waals surface area contributed by atoms with Crippen molar-refractivity contribution in [2.24, 2.45) is 0 Å². The summed E-state index contributed by atoms with van der Waals surface area (Å²) < 4.78 is 32.8. The number of hydrogen-bond acceptors (Lipinski definition) is 1. The second-order valence-corrected chi connectivity index (χ2v) is 5.69. The quantitative estimate of drug-likeness (QED) is 0.502. The molecule has 0 aromatic heterocycles. The van der Waals surface area contributed by atoms with Crippen molar-refractivity contribution in [3.8, 4) is 16.9 Å². The van der Waals surface area contributed by atoms with Gasteiger partial charge in [0, 0.05) is 6.07 Å². The molecular formula is C20H23F2O. The Morgan fingerprint density at radius 1 is 0.913 bits per heavy atom. The van der Waals surface area contributed by atoms with Gasteiger partial charge in [0.25, 0.3) is 0 Å². The highest BCUT2D eigenvalue weighted by atomic mass is 19.1. The SMILES string of the molecule is CCCCCCCCOc1ccc(-c2cc[c]c(F)c2)cc1F. The molecular weight excluding hydrogens is 294 g/mol. The van der Waals surface area contributed by atoms with Crippen LogP contribution >= 0.6 is 0 Å². The van der Waals surface area contributed by atoms with E-state index in [4.69, 9.17) is 4.74 Å². The van der Waals surface area contributed by atoms with E-state index in [1.54, 1.807) is 18.2 Å². The third kappa shape index (κ3) is 5.66. The Balaban J connectivity index is 1.85. The molecule has 0 amide bonds. The predicted molar refractivity (Wildman–Crippen MR) is 89.5 cm³/mol. The fourth-order valence-corrected chi connectivity index (χ4v) is 2.48. The molecule has 0 spiro atoms. The number of unbranched alkanes of at least 4 members (excludes halogenated alkanes) is 5. The molecule has 3 heteroatoms. The first kappa shape index (κ1) is 17.5. The molecule has 0 aliphatic rings. The lowest BCUT2D eigenvalue weighted by Crippen LogP contribution is -1.99. The zero-order valence-electron chi connectivity index (χ0n) is 13.6. The van der Waals surface area contributed by atoms with Crippen LogP contribution in [0, 0.1) is 17.7 Å². The zero-order valence-corrected chi connectivity index (χ0v) is 13.6. The van der Waals surface area contributed by atoms with Gasteiger partial charge < -0.3 is 4.74 Å². The van der Waals surface area contributed by atoms with E-state index in [1.165, 1.54) is 43.9 Å². The summed E-state index contributed by atoms with van der Waals surface area (Å²) in [6, 6.07) is 11.7. The van der Waals surface area contributed by atoms with E-state index in [-0.39, 0.29) is 5.75 Å². The van der Waals surface area contributed by atoms with Gasteiger partial charge in [0.05, 0.1) is 6.61 Å². The number of halogens is 2. The number of benzene rings is 2. The Bertz CT molecular complexity index is 610. The molecule has 0 atom stereocenters. The van der Waals surface area contributed by atoms with Crippen LogP contribution in [0.15, 0.2) is 36.4 Å². The molecule has 0 bridgehead atoms. The first-order valence-electron chi connectivity index (χ1n) is 8.30. The lowest BCUT2D eigenvalue weighted by molar-refractivity contribution is 0.290. The molecule has 0 aliphatic carbocycles. The standard InChI is InChI=1S/C20H23F2O/c1-2-3-4-5-6-7-13-23-20-12-11-17(15-19(20)22)16-9-8-10-18(21)14-16/h8-9,11-12,14-15H,2-7,13H2,1H3. The first-order chi connectivity index (χ1) is 11.2. The van der Waals surface area contributed by atoms with E-state index in [0.717, 1.165) is 12.8 Å². The molecule has 123 valence electrons. The average molecular weight is 317 g/mol. The number of ether oxygens (including phenoxy) is 1. The number of hydrogen-bond donors (Lipinski definition) is 0. The highest BCUT2D eigenvalue weighted by Crippen LogP contribution is 2.26. The molecule has 0 aliphatic heterocycles. The summed E-state index contributed by atoms with van der Waals surface area (Å²) in [4.78, 5) is 0. The average Bonchev–Trinajstić information content (AvgIpc) is 2.55. The van der Waals surface area contributed by atoms with Gasteiger partial charge in [-0.2, -0.15) is 0 Å². The van der Waals surface area contributed by atoms with Gasteiger partial charge in [0.2, 0.25) is 0 Å². The van der Waals surface area contributed by atoms with Gasteiger partial charge in [-0.3, -0.25) is 0 Å². The fourth-order valence-electron chi connectivity index (χ4n) is 2.48. The van der Waals surface area contributed by atoms with Crippen molar-refractivity contribution in [2.75, 3.05) is 6.61 Å². The molecule has 0 unspecified atom stereocenters. The zero-order chi connectivity index (χ0) is 16.5. The molecule has 0 saturated carbocycles. The largest absolute Gasteiger partial charge is 0.491 e. The van der Waals surface area contributed by atoms with Crippen LogP contribution in [0.5, 0.6) is 5.75 Å². The van der Waals surface area contributed by atoms with Gasteiger partial charge in [-0.15, -0.1) is 0 Å². The van der Waals surface area contributed by atoms with Gasteiger partial charge in [0.1, 0.15) is 5.82 Å². The molecule has 0 N–H and O–H groups in total. The molecule has 1 nitrogen and oxygen atoms in total. The van der Waals surface area contributed by atoms with E-state index >= 15 is 0 Å². The summed E-state index contributed by atoms with van der Waals surface area (Å²) in [7, 11) is 0. The maximum Gasteiger partial charge on any atom is 0.165 e. The van der Waals surface area contributed by atoms with Gasteiger partial charge in [-0.05, 0) is 35.7 Å².